The van der Waals surface area contributed by atoms with Crippen molar-refractivity contribution in [2.45, 2.75) is 13.0 Å². The highest BCUT2D eigenvalue weighted by Gasteiger charge is 2.27. The van der Waals surface area contributed by atoms with E-state index in [9.17, 15) is 4.79 Å². The van der Waals surface area contributed by atoms with Gasteiger partial charge in [0.2, 0.25) is 0 Å². The zero-order valence-corrected chi connectivity index (χ0v) is 16.8. The van der Waals surface area contributed by atoms with Crippen LogP contribution < -0.4 is 14.4 Å². The minimum Gasteiger partial charge on any atom is -0.495 e. The molecule has 1 heterocycles. The third-order valence-corrected chi connectivity index (χ3v) is 5.09. The van der Waals surface area contributed by atoms with Crippen LogP contribution >= 0.6 is 23.2 Å². The lowest BCUT2D eigenvalue weighted by Gasteiger charge is -2.37. The number of methoxy groups -OCH3 is 1. The second-order valence-electron chi connectivity index (χ2n) is 6.32. The molecule has 1 amide bonds. The van der Waals surface area contributed by atoms with E-state index < -0.39 is 6.10 Å². The number of carbonyl (C=O) groups is 1. The smallest absolute Gasteiger partial charge is 0.263 e. The van der Waals surface area contributed by atoms with Crippen LogP contribution in [0.4, 0.5) is 5.69 Å². The van der Waals surface area contributed by atoms with Gasteiger partial charge in [-0.1, -0.05) is 35.3 Å². The molecular weight excluding hydrogens is 387 g/mol. The van der Waals surface area contributed by atoms with Gasteiger partial charge in [-0.05, 0) is 37.3 Å². The Hall–Kier alpha value is -2.11. The molecule has 0 aromatic heterocycles. The van der Waals surface area contributed by atoms with Crippen molar-refractivity contribution in [3.05, 3.63) is 52.5 Å². The molecule has 1 saturated heterocycles. The summed E-state index contributed by atoms with van der Waals surface area (Å²) in [7, 11) is 1.67. The lowest BCUT2D eigenvalue weighted by molar-refractivity contribution is -0.138. The van der Waals surface area contributed by atoms with Crippen LogP contribution in [-0.2, 0) is 4.79 Å². The quantitative estimate of drug-likeness (QED) is 0.745. The molecule has 1 fully saturated rings. The molecule has 27 heavy (non-hydrogen) atoms. The van der Waals surface area contributed by atoms with E-state index in [0.29, 0.717) is 28.9 Å². The van der Waals surface area contributed by atoms with Crippen molar-refractivity contribution in [1.29, 1.82) is 0 Å². The molecule has 144 valence electrons. The predicted molar refractivity (Wildman–Crippen MR) is 108 cm³/mol. The zero-order valence-electron chi connectivity index (χ0n) is 15.3. The molecule has 5 nitrogen and oxygen atoms in total. The van der Waals surface area contributed by atoms with Gasteiger partial charge in [-0.15, -0.1) is 0 Å². The molecule has 1 atom stereocenters. The number of hydrogen-bond acceptors (Lipinski definition) is 4. The van der Waals surface area contributed by atoms with Crippen molar-refractivity contribution < 1.29 is 14.3 Å². The standard InChI is InChI=1S/C20H22Cl2N2O3/c1-14(27-18-8-7-15(21)13-16(18)22)20(25)24-11-9-23(10-12-24)17-5-3-4-6-19(17)26-2/h3-8,13-14H,9-12H2,1-2H3/t14-/m1/s1. The first kappa shape index (κ1) is 19.6. The highest BCUT2D eigenvalue weighted by molar-refractivity contribution is 6.35. The van der Waals surface area contributed by atoms with Gasteiger partial charge in [0.1, 0.15) is 11.5 Å². The summed E-state index contributed by atoms with van der Waals surface area (Å²) in [4.78, 5) is 16.8. The Morgan fingerprint density at radius 1 is 1.04 bits per heavy atom. The molecule has 0 unspecified atom stereocenters. The van der Waals surface area contributed by atoms with Crippen LogP contribution in [0.3, 0.4) is 0 Å². The summed E-state index contributed by atoms with van der Waals surface area (Å²) in [6.07, 6.45) is -0.624. The Morgan fingerprint density at radius 2 is 1.74 bits per heavy atom. The normalized spacial score (nSPS) is 15.4. The Kier molecular flexibility index (Phi) is 6.34. The SMILES string of the molecule is COc1ccccc1N1CCN(C(=O)[C@@H](C)Oc2ccc(Cl)cc2Cl)CC1. The average Bonchev–Trinajstić information content (AvgIpc) is 2.69. The van der Waals surface area contributed by atoms with Crippen molar-refractivity contribution in [2.75, 3.05) is 38.2 Å². The van der Waals surface area contributed by atoms with Gasteiger partial charge >= 0.3 is 0 Å². The van der Waals surface area contributed by atoms with Crippen molar-refractivity contribution in [1.82, 2.24) is 4.90 Å². The lowest BCUT2D eigenvalue weighted by Crippen LogP contribution is -2.52. The van der Waals surface area contributed by atoms with E-state index in [2.05, 4.69) is 4.90 Å². The van der Waals surface area contributed by atoms with E-state index >= 15 is 0 Å². The number of carbonyl (C=O) groups excluding carboxylic acids is 1. The molecule has 2 aromatic rings. The summed E-state index contributed by atoms with van der Waals surface area (Å²) in [5.41, 5.74) is 1.05. The molecule has 2 aromatic carbocycles. The minimum atomic E-state index is -0.624. The first-order valence-corrected chi connectivity index (χ1v) is 9.53. The van der Waals surface area contributed by atoms with Crippen LogP contribution in [0.15, 0.2) is 42.5 Å². The molecule has 3 rings (SSSR count). The summed E-state index contributed by atoms with van der Waals surface area (Å²) in [6, 6.07) is 12.9. The molecule has 0 aliphatic carbocycles. The number of benzene rings is 2. The van der Waals surface area contributed by atoms with Crippen molar-refractivity contribution in [3.8, 4) is 11.5 Å². The average molecular weight is 409 g/mol. The van der Waals surface area contributed by atoms with Crippen LogP contribution in [0.25, 0.3) is 0 Å². The number of halogens is 2. The van der Waals surface area contributed by atoms with Crippen molar-refractivity contribution in [2.24, 2.45) is 0 Å². The summed E-state index contributed by atoms with van der Waals surface area (Å²) >= 11 is 12.0. The highest BCUT2D eigenvalue weighted by Crippen LogP contribution is 2.30. The summed E-state index contributed by atoms with van der Waals surface area (Å²) in [6.45, 7) is 4.46. The monoisotopic (exact) mass is 408 g/mol. The first-order chi connectivity index (χ1) is 13.0. The number of hydrogen-bond donors (Lipinski definition) is 0. The van der Waals surface area contributed by atoms with Gasteiger partial charge in [-0.25, -0.2) is 0 Å². The summed E-state index contributed by atoms with van der Waals surface area (Å²) in [5, 5.41) is 0.918. The summed E-state index contributed by atoms with van der Waals surface area (Å²) < 4.78 is 11.2. The fraction of sp³-hybridized carbons (Fsp3) is 0.350. The molecule has 0 spiro atoms. The minimum absolute atomic E-state index is 0.0549. The van der Waals surface area contributed by atoms with Gasteiger partial charge in [0.25, 0.3) is 5.91 Å². The zero-order chi connectivity index (χ0) is 19.4. The topological polar surface area (TPSA) is 42.0 Å². The van der Waals surface area contributed by atoms with E-state index in [-0.39, 0.29) is 5.91 Å². The van der Waals surface area contributed by atoms with E-state index in [4.69, 9.17) is 32.7 Å². The second kappa shape index (κ2) is 8.72. The molecule has 1 aliphatic heterocycles. The Labute approximate surface area is 169 Å². The van der Waals surface area contributed by atoms with Crippen LogP contribution in [0, 0.1) is 0 Å². The highest BCUT2D eigenvalue weighted by atomic mass is 35.5. The fourth-order valence-electron chi connectivity index (χ4n) is 3.13. The maximum atomic E-state index is 12.7. The van der Waals surface area contributed by atoms with E-state index in [1.165, 1.54) is 0 Å². The third-order valence-electron chi connectivity index (χ3n) is 4.56. The number of piperazine rings is 1. The number of ether oxygens (including phenoxy) is 2. The fourth-order valence-corrected chi connectivity index (χ4v) is 3.58. The number of amides is 1. The Balaban J connectivity index is 1.59. The van der Waals surface area contributed by atoms with Crippen LogP contribution in [0.1, 0.15) is 6.92 Å². The van der Waals surface area contributed by atoms with Gasteiger partial charge < -0.3 is 19.3 Å². The van der Waals surface area contributed by atoms with Gasteiger partial charge in [0, 0.05) is 31.2 Å². The number of para-hydroxylation sites is 2. The summed E-state index contributed by atoms with van der Waals surface area (Å²) in [5.74, 6) is 1.24. The van der Waals surface area contributed by atoms with E-state index in [0.717, 1.165) is 24.5 Å². The van der Waals surface area contributed by atoms with Crippen molar-refractivity contribution >= 4 is 34.8 Å². The molecule has 0 saturated carbocycles. The Bertz CT molecular complexity index is 808. The van der Waals surface area contributed by atoms with Gasteiger partial charge in [-0.3, -0.25) is 4.79 Å². The second-order valence-corrected chi connectivity index (χ2v) is 7.16. The first-order valence-electron chi connectivity index (χ1n) is 8.78. The molecule has 0 radical (unpaired) electrons. The predicted octanol–water partition coefficient (Wildman–Crippen LogP) is 4.12. The third kappa shape index (κ3) is 4.60. The van der Waals surface area contributed by atoms with Gasteiger partial charge in [0.15, 0.2) is 6.10 Å². The maximum absolute atomic E-state index is 12.7. The van der Waals surface area contributed by atoms with Crippen molar-refractivity contribution in [3.63, 3.8) is 0 Å². The molecule has 1 aliphatic rings. The van der Waals surface area contributed by atoms with Crippen LogP contribution in [0.5, 0.6) is 11.5 Å². The largest absolute Gasteiger partial charge is 0.495 e. The molecule has 0 N–H and O–H groups in total. The van der Waals surface area contributed by atoms with Crippen LogP contribution in [0.2, 0.25) is 10.0 Å². The maximum Gasteiger partial charge on any atom is 0.263 e. The van der Waals surface area contributed by atoms with Gasteiger partial charge in [-0.2, -0.15) is 0 Å². The number of anilines is 1. The Morgan fingerprint density at radius 3 is 2.41 bits per heavy atom. The van der Waals surface area contributed by atoms with Crippen LogP contribution in [-0.4, -0.2) is 50.2 Å². The van der Waals surface area contributed by atoms with E-state index in [1.54, 1.807) is 32.2 Å². The molecule has 0 bridgehead atoms. The number of nitrogens with zero attached hydrogens (tertiary/aromatic N) is 2. The number of rotatable bonds is 5. The lowest BCUT2D eigenvalue weighted by atomic mass is 10.2. The molecular formula is C20H22Cl2N2O3. The van der Waals surface area contributed by atoms with E-state index in [1.807, 2.05) is 29.2 Å². The van der Waals surface area contributed by atoms with Gasteiger partial charge in [0.05, 0.1) is 17.8 Å². The molecule has 7 heteroatoms.